The summed E-state index contributed by atoms with van der Waals surface area (Å²) in [5.74, 6) is 1.48. The first kappa shape index (κ1) is 19.0. The van der Waals surface area contributed by atoms with Crippen LogP contribution < -0.4 is 10.1 Å². The molecule has 3 heteroatoms. The van der Waals surface area contributed by atoms with Crippen molar-refractivity contribution in [1.29, 1.82) is 0 Å². The number of carbonyl (C=O) groups is 1. The van der Waals surface area contributed by atoms with Crippen molar-refractivity contribution in [1.82, 2.24) is 0 Å². The van der Waals surface area contributed by atoms with E-state index in [-0.39, 0.29) is 12.5 Å². The van der Waals surface area contributed by atoms with E-state index in [0.717, 1.165) is 23.4 Å². The second-order valence-electron chi connectivity index (χ2n) is 6.91. The van der Waals surface area contributed by atoms with Gasteiger partial charge in [0.05, 0.1) is 0 Å². The predicted octanol–water partition coefficient (Wildman–Crippen LogP) is 5.65. The fourth-order valence-corrected chi connectivity index (χ4v) is 2.98. The quantitative estimate of drug-likeness (QED) is 0.708. The summed E-state index contributed by atoms with van der Waals surface area (Å²) >= 11 is 0. The zero-order valence-electron chi connectivity index (χ0n) is 15.9. The van der Waals surface area contributed by atoms with Gasteiger partial charge in [-0.15, -0.1) is 0 Å². The van der Waals surface area contributed by atoms with Gasteiger partial charge in [-0.1, -0.05) is 52.0 Å². The summed E-state index contributed by atoms with van der Waals surface area (Å²) in [5.41, 5.74) is 4.53. The molecule has 3 nitrogen and oxygen atoms in total. The second-order valence-corrected chi connectivity index (χ2v) is 6.91. The molecule has 2 rings (SSSR count). The number of rotatable bonds is 7. The number of amides is 1. The van der Waals surface area contributed by atoms with Gasteiger partial charge in [0.2, 0.25) is 0 Å². The molecule has 0 aliphatic rings. The normalized spacial score (nSPS) is 12.1. The van der Waals surface area contributed by atoms with Crippen molar-refractivity contribution in [2.24, 2.45) is 0 Å². The van der Waals surface area contributed by atoms with Gasteiger partial charge in [0.25, 0.3) is 5.91 Å². The Labute approximate surface area is 151 Å². The number of benzene rings is 2. The van der Waals surface area contributed by atoms with E-state index in [1.807, 2.05) is 30.3 Å². The summed E-state index contributed by atoms with van der Waals surface area (Å²) in [6.45, 7) is 10.7. The third kappa shape index (κ3) is 5.09. The molecule has 0 saturated heterocycles. The summed E-state index contributed by atoms with van der Waals surface area (Å²) in [5, 5.41) is 2.98. The minimum absolute atomic E-state index is 0.00923. The Balaban J connectivity index is 1.99. The molecule has 0 spiro atoms. The lowest BCUT2D eigenvalue weighted by Crippen LogP contribution is -2.21. The van der Waals surface area contributed by atoms with Crippen LogP contribution in [0.4, 0.5) is 5.69 Å². The van der Waals surface area contributed by atoms with Crippen LogP contribution in [0.3, 0.4) is 0 Å². The van der Waals surface area contributed by atoms with Crippen LogP contribution in [-0.2, 0) is 4.79 Å². The van der Waals surface area contributed by atoms with Crippen molar-refractivity contribution < 1.29 is 9.53 Å². The molecule has 0 fully saturated rings. The number of ether oxygens (including phenoxy) is 1. The van der Waals surface area contributed by atoms with Crippen LogP contribution in [0, 0.1) is 6.92 Å². The summed E-state index contributed by atoms with van der Waals surface area (Å²) in [6.07, 6.45) is 1.03. The summed E-state index contributed by atoms with van der Waals surface area (Å²) < 4.78 is 5.67. The molecule has 0 aliphatic carbocycles. The van der Waals surface area contributed by atoms with E-state index < -0.39 is 0 Å². The topological polar surface area (TPSA) is 38.3 Å². The molecule has 2 aromatic rings. The number of nitrogens with one attached hydrogen (secondary N) is 1. The summed E-state index contributed by atoms with van der Waals surface area (Å²) in [6, 6.07) is 14.0. The fourth-order valence-electron chi connectivity index (χ4n) is 2.98. The highest BCUT2D eigenvalue weighted by Gasteiger charge is 2.12. The van der Waals surface area contributed by atoms with E-state index in [9.17, 15) is 4.79 Å². The maximum atomic E-state index is 12.3. The molecule has 0 radical (unpaired) electrons. The van der Waals surface area contributed by atoms with Crippen LogP contribution in [0.2, 0.25) is 0 Å². The highest BCUT2D eigenvalue weighted by molar-refractivity contribution is 5.92. The van der Waals surface area contributed by atoms with Crippen molar-refractivity contribution in [3.8, 4) is 5.75 Å². The van der Waals surface area contributed by atoms with Gasteiger partial charge in [-0.3, -0.25) is 4.79 Å². The smallest absolute Gasteiger partial charge is 0.262 e. The maximum absolute atomic E-state index is 12.3. The Morgan fingerprint density at radius 1 is 1.08 bits per heavy atom. The van der Waals surface area contributed by atoms with E-state index in [2.05, 4.69) is 52.1 Å². The first-order chi connectivity index (χ1) is 11.9. The van der Waals surface area contributed by atoms with Crippen LogP contribution in [0.5, 0.6) is 5.75 Å². The van der Waals surface area contributed by atoms with Crippen molar-refractivity contribution in [2.45, 2.75) is 52.9 Å². The average molecular weight is 339 g/mol. The van der Waals surface area contributed by atoms with Gasteiger partial charge in [-0.05, 0) is 60.1 Å². The molecule has 1 atom stereocenters. The molecule has 0 bridgehead atoms. The molecular weight excluding hydrogens is 310 g/mol. The minimum Gasteiger partial charge on any atom is -0.484 e. The van der Waals surface area contributed by atoms with Gasteiger partial charge < -0.3 is 10.1 Å². The Kier molecular flexibility index (Phi) is 6.63. The lowest BCUT2D eigenvalue weighted by Gasteiger charge is -2.16. The molecule has 134 valence electrons. The SMILES string of the molecule is CC[C@@H](C)c1ccccc1NC(=O)COc1ccc(C(C)C)c(C)c1. The van der Waals surface area contributed by atoms with Gasteiger partial charge in [0, 0.05) is 5.69 Å². The van der Waals surface area contributed by atoms with E-state index >= 15 is 0 Å². The highest BCUT2D eigenvalue weighted by atomic mass is 16.5. The van der Waals surface area contributed by atoms with Crippen LogP contribution in [0.15, 0.2) is 42.5 Å². The lowest BCUT2D eigenvalue weighted by molar-refractivity contribution is -0.118. The van der Waals surface area contributed by atoms with E-state index in [1.165, 1.54) is 11.1 Å². The number of hydrogen-bond donors (Lipinski definition) is 1. The second kappa shape index (κ2) is 8.70. The Morgan fingerprint density at radius 2 is 1.80 bits per heavy atom. The van der Waals surface area contributed by atoms with Crippen molar-refractivity contribution in [3.05, 3.63) is 59.2 Å². The van der Waals surface area contributed by atoms with Gasteiger partial charge in [0.1, 0.15) is 5.75 Å². The average Bonchev–Trinajstić information content (AvgIpc) is 2.59. The Morgan fingerprint density at radius 3 is 2.44 bits per heavy atom. The lowest BCUT2D eigenvalue weighted by atomic mass is 9.97. The Hall–Kier alpha value is -2.29. The molecule has 25 heavy (non-hydrogen) atoms. The monoisotopic (exact) mass is 339 g/mol. The van der Waals surface area contributed by atoms with Crippen LogP contribution in [0.25, 0.3) is 0 Å². The first-order valence-corrected chi connectivity index (χ1v) is 9.04. The molecule has 0 heterocycles. The third-order valence-electron chi connectivity index (χ3n) is 4.61. The van der Waals surface area contributed by atoms with Crippen LogP contribution >= 0.6 is 0 Å². The molecule has 0 unspecified atom stereocenters. The van der Waals surface area contributed by atoms with Crippen molar-refractivity contribution in [2.75, 3.05) is 11.9 Å². The number of carbonyl (C=O) groups excluding carboxylic acids is 1. The van der Waals surface area contributed by atoms with Crippen LogP contribution in [-0.4, -0.2) is 12.5 Å². The largest absolute Gasteiger partial charge is 0.484 e. The molecule has 1 amide bonds. The Bertz CT molecular complexity index is 722. The molecule has 0 saturated carbocycles. The van der Waals surface area contributed by atoms with Gasteiger partial charge in [0.15, 0.2) is 6.61 Å². The maximum Gasteiger partial charge on any atom is 0.262 e. The first-order valence-electron chi connectivity index (χ1n) is 9.04. The standard InChI is InChI=1S/C22H29NO2/c1-6-16(4)20-9-7-8-10-21(20)23-22(24)14-25-18-11-12-19(15(2)3)17(5)13-18/h7-13,15-16H,6,14H2,1-5H3,(H,23,24)/t16-/m1/s1. The molecule has 0 aromatic heterocycles. The zero-order chi connectivity index (χ0) is 18.4. The van der Waals surface area contributed by atoms with Gasteiger partial charge >= 0.3 is 0 Å². The highest BCUT2D eigenvalue weighted by Crippen LogP contribution is 2.27. The third-order valence-corrected chi connectivity index (χ3v) is 4.61. The molecule has 1 N–H and O–H groups in total. The fraction of sp³-hybridized carbons (Fsp3) is 0.409. The predicted molar refractivity (Wildman–Crippen MR) is 105 cm³/mol. The van der Waals surface area contributed by atoms with Crippen molar-refractivity contribution >= 4 is 11.6 Å². The van der Waals surface area contributed by atoms with E-state index in [0.29, 0.717) is 11.8 Å². The number of aryl methyl sites for hydroxylation is 1. The molecule has 2 aromatic carbocycles. The summed E-state index contributed by atoms with van der Waals surface area (Å²) in [4.78, 5) is 12.3. The number of para-hydroxylation sites is 1. The molecule has 0 aliphatic heterocycles. The van der Waals surface area contributed by atoms with Crippen molar-refractivity contribution in [3.63, 3.8) is 0 Å². The van der Waals surface area contributed by atoms with Gasteiger partial charge in [-0.2, -0.15) is 0 Å². The van der Waals surface area contributed by atoms with Crippen LogP contribution in [0.1, 0.15) is 62.6 Å². The zero-order valence-corrected chi connectivity index (χ0v) is 15.9. The molecular formula is C22H29NO2. The number of anilines is 1. The summed E-state index contributed by atoms with van der Waals surface area (Å²) in [7, 11) is 0. The van der Waals surface area contributed by atoms with Gasteiger partial charge in [-0.25, -0.2) is 0 Å². The van der Waals surface area contributed by atoms with E-state index in [1.54, 1.807) is 0 Å². The number of hydrogen-bond acceptors (Lipinski definition) is 2. The minimum atomic E-state index is -0.138. The van der Waals surface area contributed by atoms with E-state index in [4.69, 9.17) is 4.74 Å².